The molecule has 2 nitrogen and oxygen atoms in total. The zero-order chi connectivity index (χ0) is 13.7. The third kappa shape index (κ3) is 4.05. The number of alkyl halides is 1. The van der Waals surface area contributed by atoms with Crippen LogP contribution in [0.1, 0.15) is 30.6 Å². The number of nitrogens with zero attached hydrogens (tertiary/aromatic N) is 1. The fraction of sp³-hybridized carbons (Fsp3) is 0.462. The van der Waals surface area contributed by atoms with Crippen molar-refractivity contribution in [3.05, 3.63) is 34.1 Å². The van der Waals surface area contributed by atoms with Crippen LogP contribution in [-0.4, -0.2) is 28.7 Å². The van der Waals surface area contributed by atoms with Gasteiger partial charge in [-0.3, -0.25) is 4.79 Å². The van der Waals surface area contributed by atoms with Crippen molar-refractivity contribution in [1.29, 1.82) is 0 Å². The molecule has 1 aromatic rings. The lowest BCUT2D eigenvalue weighted by molar-refractivity contribution is 0.0702. The Labute approximate surface area is 124 Å². The Morgan fingerprint density at radius 3 is 2.61 bits per heavy atom. The number of carbonyl (C=O) groups excluding carboxylic acids is 1. The smallest absolute Gasteiger partial charge is 0.257 e. The Balaban J connectivity index is 2.94. The van der Waals surface area contributed by atoms with Gasteiger partial charge in [-0.05, 0) is 38.5 Å². The summed E-state index contributed by atoms with van der Waals surface area (Å²) in [5, 5.41) is 0.826. The highest BCUT2D eigenvalue weighted by atomic mass is 79.9. The summed E-state index contributed by atoms with van der Waals surface area (Å²) < 4.78 is 14.4. The minimum Gasteiger partial charge on any atom is -0.336 e. The second kappa shape index (κ2) is 7.24. The molecule has 0 aliphatic heterocycles. The summed E-state index contributed by atoms with van der Waals surface area (Å²) in [6.07, 6.45) is 0.849. The van der Waals surface area contributed by atoms with Gasteiger partial charge in [0.25, 0.3) is 5.91 Å². The highest BCUT2D eigenvalue weighted by Crippen LogP contribution is 2.18. The molecule has 0 heterocycles. The van der Waals surface area contributed by atoms with Crippen molar-refractivity contribution in [2.24, 2.45) is 0 Å². The molecule has 1 rings (SSSR count). The lowest BCUT2D eigenvalue weighted by Gasteiger charge is -2.26. The molecule has 0 radical (unpaired) electrons. The number of rotatable bonds is 5. The minimum atomic E-state index is -0.487. The van der Waals surface area contributed by atoms with Crippen LogP contribution in [0, 0.1) is 5.82 Å². The van der Waals surface area contributed by atoms with Crippen LogP contribution in [0.2, 0.25) is 0 Å². The van der Waals surface area contributed by atoms with Crippen LogP contribution < -0.4 is 0 Å². The van der Waals surface area contributed by atoms with Crippen molar-refractivity contribution < 1.29 is 9.18 Å². The van der Waals surface area contributed by atoms with Crippen LogP contribution >= 0.6 is 31.9 Å². The fourth-order valence-corrected chi connectivity index (χ4v) is 2.23. The molecule has 0 unspecified atom stereocenters. The largest absolute Gasteiger partial charge is 0.336 e. The highest BCUT2D eigenvalue weighted by molar-refractivity contribution is 9.10. The number of halogens is 3. The van der Waals surface area contributed by atoms with Crippen molar-refractivity contribution in [2.75, 3.05) is 11.9 Å². The van der Waals surface area contributed by atoms with Crippen molar-refractivity contribution >= 4 is 37.8 Å². The van der Waals surface area contributed by atoms with Crippen LogP contribution in [0.5, 0.6) is 0 Å². The summed E-state index contributed by atoms with van der Waals surface area (Å²) in [7, 11) is 0. The summed E-state index contributed by atoms with van der Waals surface area (Å²) in [5.41, 5.74) is 0.126. The summed E-state index contributed by atoms with van der Waals surface area (Å²) in [5.74, 6) is -0.741. The molecule has 0 aromatic heterocycles. The predicted octanol–water partition coefficient (Wildman–Crippen LogP) is 4.22. The van der Waals surface area contributed by atoms with E-state index in [1.54, 1.807) is 11.0 Å². The lowest BCUT2D eigenvalue weighted by atomic mass is 10.1. The van der Waals surface area contributed by atoms with Crippen LogP contribution in [0.15, 0.2) is 22.7 Å². The maximum atomic E-state index is 13.8. The number of carbonyl (C=O) groups is 1. The summed E-state index contributed by atoms with van der Waals surface area (Å²) in [6.45, 7) is 4.49. The molecule has 18 heavy (non-hydrogen) atoms. The molecule has 0 atom stereocenters. The zero-order valence-electron chi connectivity index (χ0n) is 10.4. The molecule has 0 saturated carbocycles. The lowest BCUT2D eigenvalue weighted by Crippen LogP contribution is -2.38. The van der Waals surface area contributed by atoms with Gasteiger partial charge < -0.3 is 4.90 Å². The Kier molecular flexibility index (Phi) is 6.29. The molecular weight excluding hydrogens is 365 g/mol. The summed E-state index contributed by atoms with van der Waals surface area (Å²) in [4.78, 5) is 14.0. The molecule has 0 N–H and O–H groups in total. The molecule has 0 fully saturated rings. The molecule has 0 saturated heterocycles. The van der Waals surface area contributed by atoms with E-state index in [4.69, 9.17) is 0 Å². The fourth-order valence-electron chi connectivity index (χ4n) is 1.64. The van der Waals surface area contributed by atoms with Gasteiger partial charge in [0.2, 0.25) is 0 Å². The van der Waals surface area contributed by atoms with Crippen molar-refractivity contribution in [3.8, 4) is 0 Å². The van der Waals surface area contributed by atoms with Crippen LogP contribution in [0.25, 0.3) is 0 Å². The first-order chi connectivity index (χ1) is 8.47. The number of hydrogen-bond donors (Lipinski definition) is 0. The average Bonchev–Trinajstić information content (AvgIpc) is 2.28. The molecule has 0 spiro atoms. The van der Waals surface area contributed by atoms with E-state index in [1.165, 1.54) is 12.1 Å². The summed E-state index contributed by atoms with van der Waals surface area (Å²) >= 11 is 6.52. The van der Waals surface area contributed by atoms with E-state index < -0.39 is 5.82 Å². The molecule has 0 aliphatic carbocycles. The van der Waals surface area contributed by atoms with Gasteiger partial charge in [-0.15, -0.1) is 0 Å². The standard InChI is InChI=1S/C13H16Br2FNO/c1-9(2)17(7-3-6-14)13(18)11-5-4-10(15)8-12(11)16/h4-5,8-9H,3,6-7H2,1-2H3. The molecule has 5 heteroatoms. The normalized spacial score (nSPS) is 10.8. The number of benzene rings is 1. The number of amides is 1. The first kappa shape index (κ1) is 15.6. The van der Waals surface area contributed by atoms with Gasteiger partial charge in [-0.1, -0.05) is 31.9 Å². The second-order valence-electron chi connectivity index (χ2n) is 4.26. The predicted molar refractivity (Wildman–Crippen MR) is 78.7 cm³/mol. The van der Waals surface area contributed by atoms with Crippen LogP contribution in [-0.2, 0) is 0 Å². The summed E-state index contributed by atoms with van der Waals surface area (Å²) in [6, 6.07) is 4.57. The van der Waals surface area contributed by atoms with E-state index in [0.717, 1.165) is 11.8 Å². The van der Waals surface area contributed by atoms with E-state index >= 15 is 0 Å². The quantitative estimate of drug-likeness (QED) is 0.700. The van der Waals surface area contributed by atoms with E-state index in [1.807, 2.05) is 13.8 Å². The van der Waals surface area contributed by atoms with Gasteiger partial charge in [0.15, 0.2) is 0 Å². The van der Waals surface area contributed by atoms with Gasteiger partial charge in [-0.2, -0.15) is 0 Å². The Morgan fingerprint density at radius 1 is 1.44 bits per heavy atom. The van der Waals surface area contributed by atoms with Gasteiger partial charge in [0.05, 0.1) is 5.56 Å². The molecule has 0 bridgehead atoms. The van der Waals surface area contributed by atoms with Gasteiger partial charge in [0.1, 0.15) is 5.82 Å². The Morgan fingerprint density at radius 2 is 2.11 bits per heavy atom. The minimum absolute atomic E-state index is 0.0552. The third-order valence-corrected chi connectivity index (χ3v) is 3.63. The first-order valence-corrected chi connectivity index (χ1v) is 7.70. The first-order valence-electron chi connectivity index (χ1n) is 5.79. The van der Waals surface area contributed by atoms with Crippen molar-refractivity contribution in [3.63, 3.8) is 0 Å². The Hall–Kier alpha value is -0.420. The van der Waals surface area contributed by atoms with Crippen LogP contribution in [0.3, 0.4) is 0 Å². The van der Waals surface area contributed by atoms with Crippen molar-refractivity contribution in [2.45, 2.75) is 26.3 Å². The monoisotopic (exact) mass is 379 g/mol. The average molecular weight is 381 g/mol. The SMILES string of the molecule is CC(C)N(CCCBr)C(=O)c1ccc(Br)cc1F. The van der Waals surface area contributed by atoms with E-state index in [2.05, 4.69) is 31.9 Å². The maximum absolute atomic E-state index is 13.8. The van der Waals surface area contributed by atoms with Gasteiger partial charge in [0, 0.05) is 22.4 Å². The topological polar surface area (TPSA) is 20.3 Å². The third-order valence-electron chi connectivity index (χ3n) is 2.58. The molecule has 100 valence electrons. The van der Waals surface area contributed by atoms with E-state index in [0.29, 0.717) is 11.0 Å². The molecule has 0 aliphatic rings. The molecular formula is C13H16Br2FNO. The highest BCUT2D eigenvalue weighted by Gasteiger charge is 2.21. The molecule has 1 aromatic carbocycles. The second-order valence-corrected chi connectivity index (χ2v) is 5.97. The van der Waals surface area contributed by atoms with Crippen molar-refractivity contribution in [1.82, 2.24) is 4.90 Å². The Bertz CT molecular complexity index is 423. The number of hydrogen-bond acceptors (Lipinski definition) is 1. The molecule has 1 amide bonds. The van der Waals surface area contributed by atoms with Crippen LogP contribution in [0.4, 0.5) is 4.39 Å². The van der Waals surface area contributed by atoms with E-state index in [-0.39, 0.29) is 17.5 Å². The van der Waals surface area contributed by atoms with Gasteiger partial charge in [-0.25, -0.2) is 4.39 Å². The zero-order valence-corrected chi connectivity index (χ0v) is 13.6. The maximum Gasteiger partial charge on any atom is 0.257 e. The van der Waals surface area contributed by atoms with Gasteiger partial charge >= 0.3 is 0 Å². The van der Waals surface area contributed by atoms with E-state index in [9.17, 15) is 9.18 Å².